The number of nitrogens with zero attached hydrogens (tertiary/aromatic N) is 1. The average molecular weight is 258 g/mol. The van der Waals surface area contributed by atoms with E-state index in [-0.39, 0.29) is 17.4 Å². The van der Waals surface area contributed by atoms with E-state index in [2.05, 4.69) is 15.0 Å². The predicted molar refractivity (Wildman–Crippen MR) is 62.4 cm³/mol. The molecule has 0 radical (unpaired) electrons. The number of aromatic carboxylic acids is 1. The van der Waals surface area contributed by atoms with Crippen molar-refractivity contribution >= 4 is 23.2 Å². The number of carboxylic acid groups (broad SMARTS) is 1. The molecular formula is C10H14N2O4S. The van der Waals surface area contributed by atoms with E-state index in [1.165, 1.54) is 7.11 Å². The molecule has 0 atom stereocenters. The molecule has 1 heterocycles. The third-order valence-corrected chi connectivity index (χ3v) is 3.18. The zero-order chi connectivity index (χ0) is 12.8. The summed E-state index contributed by atoms with van der Waals surface area (Å²) in [7, 11) is 1.45. The molecule has 17 heavy (non-hydrogen) atoms. The first-order valence-corrected chi connectivity index (χ1v) is 5.81. The van der Waals surface area contributed by atoms with Crippen molar-refractivity contribution in [2.75, 3.05) is 20.3 Å². The molecule has 6 nitrogen and oxygen atoms in total. The van der Waals surface area contributed by atoms with Gasteiger partial charge in [-0.15, -0.1) is 11.3 Å². The molecule has 7 heteroatoms. The highest BCUT2D eigenvalue weighted by molar-refractivity contribution is 7.13. The van der Waals surface area contributed by atoms with Gasteiger partial charge in [0.25, 0.3) is 0 Å². The van der Waals surface area contributed by atoms with E-state index < -0.39 is 5.97 Å². The standard InChI is InChI=1S/C10H14N2O4S/c1-6-9(10(14)15)17-8(12-6)3-4-11-7(13)5-16-2/h3-5H2,1-2H3,(H,11,13)(H,14,15). The lowest BCUT2D eigenvalue weighted by atomic mass is 10.4. The number of rotatable bonds is 6. The normalized spacial score (nSPS) is 10.2. The summed E-state index contributed by atoms with van der Waals surface area (Å²) in [6.07, 6.45) is 0.522. The first-order chi connectivity index (χ1) is 8.04. The number of carbonyl (C=O) groups excluding carboxylic acids is 1. The molecule has 0 fully saturated rings. The van der Waals surface area contributed by atoms with Crippen LogP contribution in [0.5, 0.6) is 0 Å². The second-order valence-corrected chi connectivity index (χ2v) is 4.44. The van der Waals surface area contributed by atoms with Crippen LogP contribution in [-0.4, -0.2) is 42.2 Å². The van der Waals surface area contributed by atoms with Gasteiger partial charge in [0.05, 0.1) is 10.7 Å². The first-order valence-electron chi connectivity index (χ1n) is 4.99. The lowest BCUT2D eigenvalue weighted by Gasteiger charge is -2.01. The van der Waals surface area contributed by atoms with Crippen LogP contribution in [0.4, 0.5) is 0 Å². The van der Waals surface area contributed by atoms with Crippen LogP contribution < -0.4 is 5.32 Å². The van der Waals surface area contributed by atoms with Crippen LogP contribution in [-0.2, 0) is 16.0 Å². The van der Waals surface area contributed by atoms with E-state index >= 15 is 0 Å². The molecule has 0 saturated carbocycles. The summed E-state index contributed by atoms with van der Waals surface area (Å²) >= 11 is 1.14. The molecule has 0 bridgehead atoms. The Morgan fingerprint density at radius 1 is 1.53 bits per heavy atom. The van der Waals surface area contributed by atoms with Crippen LogP contribution in [0.3, 0.4) is 0 Å². The Morgan fingerprint density at radius 3 is 2.76 bits per heavy atom. The summed E-state index contributed by atoms with van der Waals surface area (Å²) in [6, 6.07) is 0. The molecule has 0 spiro atoms. The zero-order valence-electron chi connectivity index (χ0n) is 9.65. The highest BCUT2D eigenvalue weighted by atomic mass is 32.1. The molecule has 0 aliphatic carbocycles. The van der Waals surface area contributed by atoms with E-state index in [0.29, 0.717) is 23.7 Å². The van der Waals surface area contributed by atoms with Crippen molar-refractivity contribution in [1.82, 2.24) is 10.3 Å². The van der Waals surface area contributed by atoms with Crippen LogP contribution in [0.2, 0.25) is 0 Å². The minimum absolute atomic E-state index is 0.0251. The molecule has 0 aromatic carbocycles. The van der Waals surface area contributed by atoms with Crippen LogP contribution in [0.25, 0.3) is 0 Å². The fourth-order valence-corrected chi connectivity index (χ4v) is 2.15. The molecule has 0 unspecified atom stereocenters. The third kappa shape index (κ3) is 4.12. The SMILES string of the molecule is COCC(=O)NCCc1nc(C)c(C(=O)O)s1. The Bertz CT molecular complexity index is 416. The van der Waals surface area contributed by atoms with E-state index in [1.54, 1.807) is 6.92 Å². The van der Waals surface area contributed by atoms with E-state index in [0.717, 1.165) is 11.3 Å². The summed E-state index contributed by atoms with van der Waals surface area (Å²) in [5.74, 6) is -1.16. The molecule has 0 aliphatic rings. The molecule has 0 saturated heterocycles. The third-order valence-electron chi connectivity index (χ3n) is 1.97. The van der Waals surface area contributed by atoms with Gasteiger partial charge in [-0.2, -0.15) is 0 Å². The van der Waals surface area contributed by atoms with Gasteiger partial charge in [-0.05, 0) is 6.92 Å². The zero-order valence-corrected chi connectivity index (χ0v) is 10.5. The summed E-state index contributed by atoms with van der Waals surface area (Å²) in [5.41, 5.74) is 0.515. The largest absolute Gasteiger partial charge is 0.477 e. The number of hydrogen-bond donors (Lipinski definition) is 2. The van der Waals surface area contributed by atoms with Gasteiger partial charge in [0.1, 0.15) is 11.5 Å². The lowest BCUT2D eigenvalue weighted by Crippen LogP contribution is -2.28. The Labute approximate surface area is 103 Å². The number of aromatic nitrogens is 1. The van der Waals surface area contributed by atoms with Gasteiger partial charge in [0, 0.05) is 20.1 Å². The number of aryl methyl sites for hydroxylation is 1. The van der Waals surface area contributed by atoms with Gasteiger partial charge in [-0.3, -0.25) is 4.79 Å². The number of amides is 1. The van der Waals surface area contributed by atoms with E-state index in [9.17, 15) is 9.59 Å². The molecule has 1 aromatic heterocycles. The fourth-order valence-electron chi connectivity index (χ4n) is 1.25. The molecule has 1 amide bonds. The number of thiazole rings is 1. The molecular weight excluding hydrogens is 244 g/mol. The van der Waals surface area contributed by atoms with Crippen molar-refractivity contribution in [2.45, 2.75) is 13.3 Å². The molecule has 94 valence electrons. The van der Waals surface area contributed by atoms with Crippen molar-refractivity contribution in [1.29, 1.82) is 0 Å². The van der Waals surface area contributed by atoms with Gasteiger partial charge < -0.3 is 15.2 Å². The van der Waals surface area contributed by atoms with Crippen molar-refractivity contribution in [3.63, 3.8) is 0 Å². The van der Waals surface area contributed by atoms with Crippen molar-refractivity contribution in [3.05, 3.63) is 15.6 Å². The maximum absolute atomic E-state index is 11.1. The van der Waals surface area contributed by atoms with Crippen LogP contribution >= 0.6 is 11.3 Å². The van der Waals surface area contributed by atoms with Gasteiger partial charge in [0.15, 0.2) is 0 Å². The molecule has 0 aliphatic heterocycles. The Morgan fingerprint density at radius 2 is 2.24 bits per heavy atom. The Balaban J connectivity index is 2.45. The number of hydrogen-bond acceptors (Lipinski definition) is 5. The summed E-state index contributed by atoms with van der Waals surface area (Å²) in [6.45, 7) is 2.11. The van der Waals surface area contributed by atoms with Crippen LogP contribution in [0.1, 0.15) is 20.4 Å². The van der Waals surface area contributed by atoms with Gasteiger partial charge in [0.2, 0.25) is 5.91 Å². The average Bonchev–Trinajstić information content (AvgIpc) is 2.60. The predicted octanol–water partition coefficient (Wildman–Crippen LogP) is 0.455. The second-order valence-electron chi connectivity index (χ2n) is 3.36. The van der Waals surface area contributed by atoms with Crippen molar-refractivity contribution in [2.24, 2.45) is 0 Å². The van der Waals surface area contributed by atoms with E-state index in [1.807, 2.05) is 0 Å². The summed E-state index contributed by atoms with van der Waals surface area (Å²) in [5, 5.41) is 12.2. The minimum Gasteiger partial charge on any atom is -0.477 e. The van der Waals surface area contributed by atoms with Crippen molar-refractivity contribution < 1.29 is 19.4 Å². The fraction of sp³-hybridized carbons (Fsp3) is 0.500. The Hall–Kier alpha value is -1.47. The quantitative estimate of drug-likeness (QED) is 0.773. The second kappa shape index (κ2) is 6.31. The summed E-state index contributed by atoms with van der Waals surface area (Å²) in [4.78, 5) is 26.2. The highest BCUT2D eigenvalue weighted by Crippen LogP contribution is 2.17. The van der Waals surface area contributed by atoms with Gasteiger partial charge >= 0.3 is 5.97 Å². The number of nitrogens with one attached hydrogen (secondary N) is 1. The number of ether oxygens (including phenoxy) is 1. The van der Waals surface area contributed by atoms with Gasteiger partial charge in [-0.25, -0.2) is 9.78 Å². The minimum atomic E-state index is -0.963. The number of methoxy groups -OCH3 is 1. The summed E-state index contributed by atoms with van der Waals surface area (Å²) < 4.78 is 4.66. The van der Waals surface area contributed by atoms with Crippen LogP contribution in [0.15, 0.2) is 0 Å². The number of carboxylic acids is 1. The Kier molecular flexibility index (Phi) is 5.05. The smallest absolute Gasteiger partial charge is 0.347 e. The maximum Gasteiger partial charge on any atom is 0.347 e. The highest BCUT2D eigenvalue weighted by Gasteiger charge is 2.13. The first kappa shape index (κ1) is 13.6. The van der Waals surface area contributed by atoms with Crippen molar-refractivity contribution in [3.8, 4) is 0 Å². The lowest BCUT2D eigenvalue weighted by molar-refractivity contribution is -0.124. The molecule has 2 N–H and O–H groups in total. The maximum atomic E-state index is 11.1. The van der Waals surface area contributed by atoms with Gasteiger partial charge in [-0.1, -0.05) is 0 Å². The molecule has 1 aromatic rings. The monoisotopic (exact) mass is 258 g/mol. The number of carbonyl (C=O) groups is 2. The van der Waals surface area contributed by atoms with Crippen LogP contribution in [0, 0.1) is 6.92 Å². The molecule has 1 rings (SSSR count). The topological polar surface area (TPSA) is 88.5 Å². The van der Waals surface area contributed by atoms with E-state index in [4.69, 9.17) is 5.11 Å².